The van der Waals surface area contributed by atoms with Gasteiger partial charge in [0.2, 0.25) is 5.82 Å². The largest absolute Gasteiger partial charge is 0.490 e. The van der Waals surface area contributed by atoms with E-state index in [9.17, 15) is 10.4 Å². The summed E-state index contributed by atoms with van der Waals surface area (Å²) in [5, 5.41) is 23.5. The van der Waals surface area contributed by atoms with Gasteiger partial charge in [0, 0.05) is 23.2 Å². The summed E-state index contributed by atoms with van der Waals surface area (Å²) in [7, 11) is 0. The Bertz CT molecular complexity index is 1210. The van der Waals surface area contributed by atoms with E-state index >= 15 is 0 Å². The zero-order valence-corrected chi connectivity index (χ0v) is 19.2. The first-order valence-corrected chi connectivity index (χ1v) is 11.5. The minimum absolute atomic E-state index is 0.0195. The van der Waals surface area contributed by atoms with Crippen molar-refractivity contribution in [2.75, 3.05) is 13.2 Å². The number of nitrogens with zero attached hydrogens (tertiary/aromatic N) is 4. The van der Waals surface area contributed by atoms with Crippen LogP contribution >= 0.6 is 0 Å². The van der Waals surface area contributed by atoms with Crippen molar-refractivity contribution in [2.45, 2.75) is 51.8 Å². The lowest BCUT2D eigenvalue weighted by Gasteiger charge is -2.29. The molecule has 3 atom stereocenters. The second-order valence-electron chi connectivity index (χ2n) is 9.25. The van der Waals surface area contributed by atoms with Crippen LogP contribution < -0.4 is 4.74 Å². The van der Waals surface area contributed by atoms with Gasteiger partial charge in [-0.1, -0.05) is 23.4 Å². The van der Waals surface area contributed by atoms with Gasteiger partial charge < -0.3 is 14.4 Å². The summed E-state index contributed by atoms with van der Waals surface area (Å²) < 4.78 is 11.3. The lowest BCUT2D eigenvalue weighted by atomic mass is 10.0. The molecule has 0 radical (unpaired) electrons. The van der Waals surface area contributed by atoms with Crippen molar-refractivity contribution in [2.24, 2.45) is 5.92 Å². The molecule has 1 aromatic heterocycles. The Hall–Kier alpha value is -3.21. The van der Waals surface area contributed by atoms with Crippen LogP contribution in [0.4, 0.5) is 0 Å². The highest BCUT2D eigenvalue weighted by atomic mass is 16.5. The SMILES string of the molecule is CC(C)Oc1ccc(-c2nc(-c3cccc4c3C[C@H]3CCN([C@H](C)CO)[C@@H]43)no2)cc1C#N. The molecule has 1 aliphatic heterocycles. The van der Waals surface area contributed by atoms with E-state index in [1.165, 1.54) is 11.1 Å². The van der Waals surface area contributed by atoms with E-state index < -0.39 is 0 Å². The van der Waals surface area contributed by atoms with Crippen molar-refractivity contribution in [3.8, 4) is 34.7 Å². The minimum atomic E-state index is -0.0195. The molecule has 170 valence electrons. The van der Waals surface area contributed by atoms with Gasteiger partial charge in [-0.3, -0.25) is 4.90 Å². The third-order valence-electron chi connectivity index (χ3n) is 6.77. The molecule has 2 aromatic carbocycles. The zero-order chi connectivity index (χ0) is 23.1. The van der Waals surface area contributed by atoms with Crippen molar-refractivity contribution < 1.29 is 14.4 Å². The van der Waals surface area contributed by atoms with Crippen LogP contribution in [0.15, 0.2) is 40.9 Å². The number of fused-ring (bicyclic) bond motifs is 3. The van der Waals surface area contributed by atoms with E-state index in [2.05, 4.69) is 46.2 Å². The molecule has 2 aliphatic rings. The van der Waals surface area contributed by atoms with Gasteiger partial charge in [-0.05, 0) is 75.4 Å². The number of hydrogen-bond donors (Lipinski definition) is 1. The first-order valence-electron chi connectivity index (χ1n) is 11.5. The molecule has 1 fully saturated rings. The fraction of sp³-hybridized carbons (Fsp3) is 0.423. The Morgan fingerprint density at radius 1 is 1.27 bits per heavy atom. The number of aromatic nitrogens is 2. The summed E-state index contributed by atoms with van der Waals surface area (Å²) in [6, 6.07) is 14.3. The highest BCUT2D eigenvalue weighted by Crippen LogP contribution is 2.49. The van der Waals surface area contributed by atoms with Gasteiger partial charge in [-0.2, -0.15) is 10.2 Å². The van der Waals surface area contributed by atoms with Crippen molar-refractivity contribution in [1.82, 2.24) is 15.0 Å². The molecule has 1 N–H and O–H groups in total. The first kappa shape index (κ1) is 21.6. The summed E-state index contributed by atoms with van der Waals surface area (Å²) >= 11 is 0. The third-order valence-corrected chi connectivity index (χ3v) is 6.77. The molecule has 7 heteroatoms. The number of rotatable bonds is 6. The van der Waals surface area contributed by atoms with Crippen LogP contribution in [0.1, 0.15) is 49.9 Å². The zero-order valence-electron chi connectivity index (χ0n) is 19.2. The topological polar surface area (TPSA) is 95.4 Å². The van der Waals surface area contributed by atoms with E-state index in [1.807, 2.05) is 19.9 Å². The molecule has 1 saturated heterocycles. The Morgan fingerprint density at radius 3 is 2.88 bits per heavy atom. The number of nitriles is 1. The van der Waals surface area contributed by atoms with Gasteiger partial charge in [0.25, 0.3) is 5.89 Å². The number of likely N-dealkylation sites (tertiary alicyclic amines) is 1. The lowest BCUT2D eigenvalue weighted by molar-refractivity contribution is 0.117. The quantitative estimate of drug-likeness (QED) is 0.603. The first-order chi connectivity index (χ1) is 16.0. The highest BCUT2D eigenvalue weighted by molar-refractivity contribution is 5.67. The Kier molecular flexibility index (Phi) is 5.65. The van der Waals surface area contributed by atoms with Crippen LogP contribution in [0.2, 0.25) is 0 Å². The minimum Gasteiger partial charge on any atom is -0.490 e. The van der Waals surface area contributed by atoms with Crippen LogP contribution in [0, 0.1) is 17.2 Å². The predicted octanol–water partition coefficient (Wildman–Crippen LogP) is 4.36. The Morgan fingerprint density at radius 2 is 2.12 bits per heavy atom. The van der Waals surface area contributed by atoms with Crippen molar-refractivity contribution >= 4 is 0 Å². The van der Waals surface area contributed by atoms with Crippen LogP contribution in [-0.2, 0) is 6.42 Å². The molecule has 1 aliphatic carbocycles. The van der Waals surface area contributed by atoms with Gasteiger partial charge in [0.1, 0.15) is 11.8 Å². The summed E-state index contributed by atoms with van der Waals surface area (Å²) in [6.45, 7) is 7.12. The maximum atomic E-state index is 9.70. The molecule has 33 heavy (non-hydrogen) atoms. The van der Waals surface area contributed by atoms with Gasteiger partial charge in [0.05, 0.1) is 18.3 Å². The van der Waals surface area contributed by atoms with Gasteiger partial charge in [0.15, 0.2) is 0 Å². The summed E-state index contributed by atoms with van der Waals surface area (Å²) in [4.78, 5) is 7.10. The van der Waals surface area contributed by atoms with Crippen molar-refractivity contribution in [3.05, 3.63) is 53.1 Å². The van der Waals surface area contributed by atoms with Crippen molar-refractivity contribution in [1.29, 1.82) is 5.26 Å². The summed E-state index contributed by atoms with van der Waals surface area (Å²) in [5.74, 6) is 2.03. The van der Waals surface area contributed by atoms with E-state index in [1.54, 1.807) is 12.1 Å². The standard InChI is InChI=1S/C26H28N4O3/c1-15(2)32-23-8-7-18(11-19(23)13-27)26-28-25(29-33-26)21-6-4-5-20-22(21)12-17-9-10-30(24(17)20)16(3)14-31/h4-8,11,15-17,24,31H,9-10,12,14H2,1-3H3/t16-,17-,24-/m1/s1. The van der Waals surface area contributed by atoms with E-state index in [4.69, 9.17) is 9.26 Å². The molecule has 0 spiro atoms. The molecule has 0 unspecified atom stereocenters. The highest BCUT2D eigenvalue weighted by Gasteiger charge is 2.43. The molecule has 0 saturated carbocycles. The van der Waals surface area contributed by atoms with Gasteiger partial charge in [-0.25, -0.2) is 0 Å². The van der Waals surface area contributed by atoms with Gasteiger partial charge >= 0.3 is 0 Å². The van der Waals surface area contributed by atoms with Gasteiger partial charge in [-0.15, -0.1) is 0 Å². The Labute approximate surface area is 193 Å². The average Bonchev–Trinajstić information content (AvgIpc) is 3.53. The summed E-state index contributed by atoms with van der Waals surface area (Å²) in [6.07, 6.45) is 2.09. The fourth-order valence-corrected chi connectivity index (χ4v) is 5.27. The predicted molar refractivity (Wildman–Crippen MR) is 123 cm³/mol. The number of aliphatic hydroxyl groups is 1. The molecule has 0 bridgehead atoms. The van der Waals surface area contributed by atoms with E-state index in [0.717, 1.165) is 24.9 Å². The number of hydrogen-bond acceptors (Lipinski definition) is 7. The lowest BCUT2D eigenvalue weighted by Crippen LogP contribution is -2.35. The van der Waals surface area contributed by atoms with E-state index in [0.29, 0.717) is 40.6 Å². The second kappa shape index (κ2) is 8.62. The molecule has 5 rings (SSSR count). The molecular formula is C26H28N4O3. The number of ether oxygens (including phenoxy) is 1. The van der Waals surface area contributed by atoms with Crippen LogP contribution in [0.5, 0.6) is 5.75 Å². The normalized spacial score (nSPS) is 20.5. The molecular weight excluding hydrogens is 416 g/mol. The maximum absolute atomic E-state index is 9.70. The average molecular weight is 445 g/mol. The number of aliphatic hydroxyl groups excluding tert-OH is 1. The van der Waals surface area contributed by atoms with Crippen molar-refractivity contribution in [3.63, 3.8) is 0 Å². The summed E-state index contributed by atoms with van der Waals surface area (Å²) in [5.41, 5.74) is 4.70. The van der Waals surface area contributed by atoms with E-state index in [-0.39, 0.29) is 18.8 Å². The molecule has 2 heterocycles. The monoisotopic (exact) mass is 444 g/mol. The maximum Gasteiger partial charge on any atom is 0.258 e. The smallest absolute Gasteiger partial charge is 0.258 e. The molecule has 7 nitrogen and oxygen atoms in total. The van der Waals surface area contributed by atoms with Crippen LogP contribution in [-0.4, -0.2) is 45.4 Å². The third kappa shape index (κ3) is 3.79. The number of benzene rings is 2. The molecule has 3 aromatic rings. The fourth-order valence-electron chi connectivity index (χ4n) is 5.27. The van der Waals surface area contributed by atoms with Crippen LogP contribution in [0.25, 0.3) is 22.8 Å². The van der Waals surface area contributed by atoms with Crippen LogP contribution in [0.3, 0.4) is 0 Å². The molecule has 0 amide bonds. The second-order valence-corrected chi connectivity index (χ2v) is 9.25. The Balaban J connectivity index is 1.47.